The molecule has 0 saturated carbocycles. The molecule has 4 rings (SSSR count). The van der Waals surface area contributed by atoms with E-state index in [1.165, 1.54) is 10.8 Å². The highest BCUT2D eigenvalue weighted by Crippen LogP contribution is 2.34. The molecule has 3 aromatic carbocycles. The number of nitrogens with zero attached hydrogens (tertiary/aromatic N) is 2. The molecule has 104 valence electrons. The Bertz CT molecular complexity index is 1000. The molecule has 0 bridgehead atoms. The second kappa shape index (κ2) is 5.01. The second-order valence-electron chi connectivity index (χ2n) is 5.15. The second-order valence-corrected chi connectivity index (χ2v) is 6.00. The molecule has 0 fully saturated rings. The van der Waals surface area contributed by atoms with Crippen LogP contribution in [-0.2, 0) is 0 Å². The Hall–Kier alpha value is -2.57. The molecule has 2 nitrogen and oxygen atoms in total. The van der Waals surface area contributed by atoms with Crippen molar-refractivity contribution in [1.29, 1.82) is 5.26 Å². The molecule has 22 heavy (non-hydrogen) atoms. The van der Waals surface area contributed by atoms with Gasteiger partial charge in [0.15, 0.2) is 0 Å². The molecule has 0 unspecified atom stereocenters. The van der Waals surface area contributed by atoms with Crippen LogP contribution in [0.1, 0.15) is 5.56 Å². The van der Waals surface area contributed by atoms with E-state index in [1.807, 2.05) is 30.3 Å². The summed E-state index contributed by atoms with van der Waals surface area (Å²) in [6, 6.07) is 24.6. The number of hydrogen-bond acceptors (Lipinski definition) is 1. The van der Waals surface area contributed by atoms with Crippen molar-refractivity contribution < 1.29 is 0 Å². The van der Waals surface area contributed by atoms with Crippen LogP contribution in [0.25, 0.3) is 27.5 Å². The lowest BCUT2D eigenvalue weighted by molar-refractivity contribution is 1.16. The first-order valence-electron chi connectivity index (χ1n) is 6.98. The van der Waals surface area contributed by atoms with Crippen LogP contribution in [0.4, 0.5) is 0 Å². The lowest BCUT2D eigenvalue weighted by Gasteiger charge is -2.10. The van der Waals surface area contributed by atoms with Gasteiger partial charge in [0.2, 0.25) is 0 Å². The number of hydrogen-bond donors (Lipinski definition) is 0. The minimum Gasteiger partial charge on any atom is -0.308 e. The summed E-state index contributed by atoms with van der Waals surface area (Å²) in [5.74, 6) is 0. The summed E-state index contributed by atoms with van der Waals surface area (Å²) in [4.78, 5) is 0. The Balaban J connectivity index is 2.20. The summed E-state index contributed by atoms with van der Waals surface area (Å²) in [7, 11) is 0. The third-order valence-corrected chi connectivity index (χ3v) is 4.57. The van der Waals surface area contributed by atoms with Crippen molar-refractivity contribution >= 4 is 37.7 Å². The van der Waals surface area contributed by atoms with Gasteiger partial charge in [-0.2, -0.15) is 5.26 Å². The molecule has 1 heterocycles. The lowest BCUT2D eigenvalue weighted by atomic mass is 10.2. The van der Waals surface area contributed by atoms with Gasteiger partial charge in [-0.05, 0) is 46.3 Å². The van der Waals surface area contributed by atoms with Gasteiger partial charge in [-0.15, -0.1) is 0 Å². The van der Waals surface area contributed by atoms with Gasteiger partial charge in [0.05, 0.1) is 28.4 Å². The molecule has 3 heteroatoms. The van der Waals surface area contributed by atoms with Crippen molar-refractivity contribution in [2.45, 2.75) is 0 Å². The van der Waals surface area contributed by atoms with Gasteiger partial charge >= 0.3 is 0 Å². The fraction of sp³-hybridized carbons (Fsp3) is 0. The summed E-state index contributed by atoms with van der Waals surface area (Å²) in [5, 5.41) is 11.6. The highest BCUT2D eigenvalue weighted by Gasteiger charge is 2.13. The van der Waals surface area contributed by atoms with Crippen molar-refractivity contribution in [3.63, 3.8) is 0 Å². The van der Waals surface area contributed by atoms with Gasteiger partial charge in [0, 0.05) is 15.2 Å². The topological polar surface area (TPSA) is 28.7 Å². The van der Waals surface area contributed by atoms with E-state index < -0.39 is 0 Å². The van der Waals surface area contributed by atoms with E-state index in [4.69, 9.17) is 0 Å². The molecular formula is C19H11BrN2. The largest absolute Gasteiger partial charge is 0.308 e. The van der Waals surface area contributed by atoms with Crippen LogP contribution in [0.15, 0.2) is 71.2 Å². The van der Waals surface area contributed by atoms with Crippen LogP contribution in [-0.4, -0.2) is 4.57 Å². The van der Waals surface area contributed by atoms with Gasteiger partial charge in [-0.25, -0.2) is 0 Å². The molecule has 0 aliphatic heterocycles. The van der Waals surface area contributed by atoms with Crippen LogP contribution in [0, 0.1) is 11.3 Å². The van der Waals surface area contributed by atoms with Gasteiger partial charge in [0.25, 0.3) is 0 Å². The monoisotopic (exact) mass is 346 g/mol. The predicted octanol–water partition coefficient (Wildman–Crippen LogP) is 5.42. The van der Waals surface area contributed by atoms with E-state index in [-0.39, 0.29) is 0 Å². The Morgan fingerprint density at radius 1 is 0.818 bits per heavy atom. The molecule has 0 saturated heterocycles. The smallest absolute Gasteiger partial charge is 0.0992 e. The zero-order valence-corrected chi connectivity index (χ0v) is 13.2. The summed E-state index contributed by atoms with van der Waals surface area (Å²) < 4.78 is 3.17. The summed E-state index contributed by atoms with van der Waals surface area (Å²) in [6.07, 6.45) is 0. The number of rotatable bonds is 1. The fourth-order valence-corrected chi connectivity index (χ4v) is 3.36. The maximum Gasteiger partial charge on any atom is 0.0992 e. The Morgan fingerprint density at radius 3 is 2.00 bits per heavy atom. The van der Waals surface area contributed by atoms with Crippen molar-refractivity contribution in [1.82, 2.24) is 4.57 Å². The minimum atomic E-state index is 0.653. The van der Waals surface area contributed by atoms with Crippen molar-refractivity contribution in [3.05, 3.63) is 76.8 Å². The molecule has 0 amide bonds. The number of benzene rings is 3. The third-order valence-electron chi connectivity index (χ3n) is 3.90. The average molecular weight is 347 g/mol. The molecular weight excluding hydrogens is 336 g/mol. The summed E-state index contributed by atoms with van der Waals surface area (Å²) in [5.41, 5.74) is 3.91. The van der Waals surface area contributed by atoms with E-state index in [0.29, 0.717) is 5.56 Å². The lowest BCUT2D eigenvalue weighted by Crippen LogP contribution is -1.95. The van der Waals surface area contributed by atoms with E-state index in [2.05, 4.69) is 63.0 Å². The zero-order chi connectivity index (χ0) is 15.1. The quantitative estimate of drug-likeness (QED) is 0.452. The minimum absolute atomic E-state index is 0.653. The number of nitriles is 1. The summed E-state index contributed by atoms with van der Waals surface area (Å²) >= 11 is 3.62. The number of para-hydroxylation sites is 2. The first kappa shape index (κ1) is 13.1. The fourth-order valence-electron chi connectivity index (χ4n) is 2.94. The zero-order valence-electron chi connectivity index (χ0n) is 11.6. The summed E-state index contributed by atoms with van der Waals surface area (Å²) in [6.45, 7) is 0. The molecule has 0 aliphatic carbocycles. The van der Waals surface area contributed by atoms with E-state index in [9.17, 15) is 5.26 Å². The maximum atomic E-state index is 9.20. The number of halogens is 1. The molecule has 0 aliphatic rings. The van der Waals surface area contributed by atoms with Crippen LogP contribution in [0.2, 0.25) is 0 Å². The number of aromatic nitrogens is 1. The SMILES string of the molecule is N#Cc1ccc(Br)c(-n2c3ccccc3c3ccccc32)c1. The van der Waals surface area contributed by atoms with Crippen molar-refractivity contribution in [2.24, 2.45) is 0 Å². The van der Waals surface area contributed by atoms with Gasteiger partial charge < -0.3 is 4.57 Å². The first-order chi connectivity index (χ1) is 10.8. The molecule has 0 atom stereocenters. The Kier molecular flexibility index (Phi) is 2.99. The van der Waals surface area contributed by atoms with E-state index in [1.54, 1.807) is 0 Å². The predicted molar refractivity (Wildman–Crippen MR) is 93.2 cm³/mol. The van der Waals surface area contributed by atoms with Crippen LogP contribution < -0.4 is 0 Å². The van der Waals surface area contributed by atoms with Crippen LogP contribution in [0.5, 0.6) is 0 Å². The van der Waals surface area contributed by atoms with Crippen LogP contribution >= 0.6 is 15.9 Å². The van der Waals surface area contributed by atoms with Gasteiger partial charge in [0.1, 0.15) is 0 Å². The molecule has 0 N–H and O–H groups in total. The molecule has 0 radical (unpaired) electrons. The van der Waals surface area contributed by atoms with Gasteiger partial charge in [-0.3, -0.25) is 0 Å². The normalized spacial score (nSPS) is 10.9. The number of fused-ring (bicyclic) bond motifs is 3. The average Bonchev–Trinajstić information content (AvgIpc) is 2.90. The first-order valence-corrected chi connectivity index (χ1v) is 7.77. The van der Waals surface area contributed by atoms with E-state index >= 15 is 0 Å². The molecule has 4 aromatic rings. The van der Waals surface area contributed by atoms with Gasteiger partial charge in [-0.1, -0.05) is 36.4 Å². The van der Waals surface area contributed by atoms with Crippen LogP contribution in [0.3, 0.4) is 0 Å². The molecule has 0 spiro atoms. The third kappa shape index (κ3) is 1.85. The highest BCUT2D eigenvalue weighted by molar-refractivity contribution is 9.10. The van der Waals surface area contributed by atoms with Crippen molar-refractivity contribution in [2.75, 3.05) is 0 Å². The Morgan fingerprint density at radius 2 is 1.41 bits per heavy atom. The van der Waals surface area contributed by atoms with E-state index in [0.717, 1.165) is 21.2 Å². The highest BCUT2D eigenvalue weighted by atomic mass is 79.9. The van der Waals surface area contributed by atoms with Crippen molar-refractivity contribution in [3.8, 4) is 11.8 Å². The standard InChI is InChI=1S/C19H11BrN2/c20-16-10-9-13(12-21)11-19(16)22-17-7-3-1-5-14(17)15-6-2-4-8-18(15)22/h1-11H. The Labute approximate surface area is 136 Å². The maximum absolute atomic E-state index is 9.20. The molecule has 1 aromatic heterocycles.